The number of nitrogens with zero attached hydrogens (tertiary/aromatic N) is 2. The van der Waals surface area contributed by atoms with Crippen LogP contribution in [0.3, 0.4) is 0 Å². The average molecular weight is 398 g/mol. The minimum absolute atomic E-state index is 0.0225. The molecule has 0 unspecified atom stereocenters. The smallest absolute Gasteiger partial charge is 0.246 e. The van der Waals surface area contributed by atoms with Crippen molar-refractivity contribution in [1.29, 1.82) is 0 Å². The zero-order valence-electron chi connectivity index (χ0n) is 11.4. The third-order valence-electron chi connectivity index (χ3n) is 3.19. The predicted octanol–water partition coefficient (Wildman–Crippen LogP) is 0.695. The molecule has 0 radical (unpaired) electrons. The first kappa shape index (κ1) is 16.7. The largest absolute Gasteiger partial charge is 0.372 e. The molecule has 10 heteroatoms. The van der Waals surface area contributed by atoms with Gasteiger partial charge < -0.3 is 5.32 Å². The van der Waals surface area contributed by atoms with Crippen molar-refractivity contribution in [2.24, 2.45) is 0 Å². The van der Waals surface area contributed by atoms with E-state index in [9.17, 15) is 16.8 Å². The Morgan fingerprint density at radius 1 is 1.33 bits per heavy atom. The van der Waals surface area contributed by atoms with Crippen LogP contribution in [-0.4, -0.2) is 57.8 Å². The first-order valence-corrected chi connectivity index (χ1v) is 10.4. The van der Waals surface area contributed by atoms with E-state index in [1.165, 1.54) is 16.6 Å². The highest BCUT2D eigenvalue weighted by atomic mass is 79.9. The number of aromatic nitrogens is 1. The number of sulfonamides is 1. The lowest BCUT2D eigenvalue weighted by atomic mass is 10.4. The summed E-state index contributed by atoms with van der Waals surface area (Å²) in [6.45, 7) is 0.164. The van der Waals surface area contributed by atoms with Crippen LogP contribution in [0.2, 0.25) is 0 Å². The van der Waals surface area contributed by atoms with Gasteiger partial charge in [-0.15, -0.1) is 0 Å². The molecule has 7 nitrogen and oxygen atoms in total. The maximum absolute atomic E-state index is 12.7. The van der Waals surface area contributed by atoms with E-state index in [4.69, 9.17) is 0 Å². The Bertz CT molecular complexity index is 734. The molecule has 0 spiro atoms. The SMILES string of the molecule is CNc1ncc(Br)cc1S(=O)(=O)N1CCCS(=O)(=O)CC1. The summed E-state index contributed by atoms with van der Waals surface area (Å²) in [6.07, 6.45) is 1.80. The van der Waals surface area contributed by atoms with E-state index in [1.807, 2.05) is 0 Å². The second-order valence-electron chi connectivity index (χ2n) is 4.66. The molecule has 1 fully saturated rings. The molecule has 1 N–H and O–H groups in total. The van der Waals surface area contributed by atoms with Crippen LogP contribution in [-0.2, 0) is 19.9 Å². The molecule has 0 saturated carbocycles. The second kappa shape index (κ2) is 6.19. The number of rotatable bonds is 3. The number of anilines is 1. The quantitative estimate of drug-likeness (QED) is 0.805. The van der Waals surface area contributed by atoms with Gasteiger partial charge in [0.2, 0.25) is 10.0 Å². The van der Waals surface area contributed by atoms with Crippen molar-refractivity contribution in [1.82, 2.24) is 9.29 Å². The second-order valence-corrected chi connectivity index (χ2v) is 9.79. The van der Waals surface area contributed by atoms with Gasteiger partial charge in [-0.2, -0.15) is 4.31 Å². The molecule has 0 aromatic carbocycles. The number of hydrogen-bond donors (Lipinski definition) is 1. The lowest BCUT2D eigenvalue weighted by molar-refractivity contribution is 0.434. The predicted molar refractivity (Wildman–Crippen MR) is 83.5 cm³/mol. The summed E-state index contributed by atoms with van der Waals surface area (Å²) < 4.78 is 50.4. The van der Waals surface area contributed by atoms with E-state index in [-0.39, 0.29) is 35.3 Å². The van der Waals surface area contributed by atoms with Crippen molar-refractivity contribution in [3.8, 4) is 0 Å². The topological polar surface area (TPSA) is 96.4 Å². The number of halogens is 1. The fourth-order valence-corrected chi connectivity index (χ4v) is 5.62. The van der Waals surface area contributed by atoms with Crippen LogP contribution in [0.25, 0.3) is 0 Å². The molecular formula is C11H16BrN3O4S2. The zero-order chi connectivity index (χ0) is 15.7. The standard InChI is InChI=1S/C11H16BrN3O4S2/c1-13-11-10(7-9(12)8-14-11)21(18,19)15-3-2-5-20(16,17)6-4-15/h7-8H,2-6H2,1H3,(H,13,14). The van der Waals surface area contributed by atoms with Gasteiger partial charge in [0, 0.05) is 30.8 Å². The Kier molecular flexibility index (Phi) is 4.91. The lowest BCUT2D eigenvalue weighted by Crippen LogP contribution is -2.34. The minimum atomic E-state index is -3.79. The van der Waals surface area contributed by atoms with Gasteiger partial charge in [-0.1, -0.05) is 0 Å². The first-order chi connectivity index (χ1) is 9.76. The maximum Gasteiger partial charge on any atom is 0.246 e. The molecule has 1 aliphatic heterocycles. The normalized spacial score (nSPS) is 19.9. The Labute approximate surface area is 132 Å². The minimum Gasteiger partial charge on any atom is -0.372 e. The average Bonchev–Trinajstić information content (AvgIpc) is 2.60. The summed E-state index contributed by atoms with van der Waals surface area (Å²) in [7, 11) is -5.37. The number of sulfone groups is 1. The molecule has 118 valence electrons. The van der Waals surface area contributed by atoms with Gasteiger partial charge >= 0.3 is 0 Å². The Hall–Kier alpha value is -0.710. The van der Waals surface area contributed by atoms with Crippen LogP contribution in [0, 0.1) is 0 Å². The molecule has 0 atom stereocenters. The van der Waals surface area contributed by atoms with Crippen LogP contribution in [0.5, 0.6) is 0 Å². The van der Waals surface area contributed by atoms with Gasteiger partial charge in [0.05, 0.1) is 11.5 Å². The van der Waals surface area contributed by atoms with Crippen molar-refractivity contribution in [3.63, 3.8) is 0 Å². The first-order valence-electron chi connectivity index (χ1n) is 6.30. The van der Waals surface area contributed by atoms with Gasteiger partial charge in [0.1, 0.15) is 10.7 Å². The van der Waals surface area contributed by atoms with E-state index < -0.39 is 19.9 Å². The Balaban J connectivity index is 2.40. The molecule has 0 aliphatic carbocycles. The third-order valence-corrected chi connectivity index (χ3v) is 7.25. The van der Waals surface area contributed by atoms with Crippen LogP contribution in [0.15, 0.2) is 21.6 Å². The fourth-order valence-electron chi connectivity index (χ4n) is 2.10. The van der Waals surface area contributed by atoms with Crippen LogP contribution < -0.4 is 5.32 Å². The molecule has 0 bridgehead atoms. The molecule has 2 heterocycles. The Morgan fingerprint density at radius 3 is 2.71 bits per heavy atom. The molecule has 21 heavy (non-hydrogen) atoms. The van der Waals surface area contributed by atoms with Gasteiger partial charge in [-0.25, -0.2) is 21.8 Å². The molecule has 1 saturated heterocycles. The van der Waals surface area contributed by atoms with Gasteiger partial charge in [0.25, 0.3) is 0 Å². The number of pyridine rings is 1. The van der Waals surface area contributed by atoms with Crippen LogP contribution in [0.4, 0.5) is 5.82 Å². The van der Waals surface area contributed by atoms with E-state index in [0.29, 0.717) is 10.9 Å². The van der Waals surface area contributed by atoms with Gasteiger partial charge in [0.15, 0.2) is 9.84 Å². The summed E-state index contributed by atoms with van der Waals surface area (Å²) in [4.78, 5) is 4.07. The summed E-state index contributed by atoms with van der Waals surface area (Å²) in [5.74, 6) is 0.113. The van der Waals surface area contributed by atoms with Gasteiger partial charge in [-0.05, 0) is 28.4 Å². The molecule has 2 rings (SSSR count). The summed E-state index contributed by atoms with van der Waals surface area (Å²) >= 11 is 3.21. The maximum atomic E-state index is 12.7. The summed E-state index contributed by atoms with van der Waals surface area (Å²) in [5.41, 5.74) is 0. The highest BCUT2D eigenvalue weighted by Crippen LogP contribution is 2.26. The lowest BCUT2D eigenvalue weighted by Gasteiger charge is -2.20. The number of hydrogen-bond acceptors (Lipinski definition) is 6. The Morgan fingerprint density at radius 2 is 2.05 bits per heavy atom. The van der Waals surface area contributed by atoms with E-state index >= 15 is 0 Å². The molecular weight excluding hydrogens is 382 g/mol. The fraction of sp³-hybridized carbons (Fsp3) is 0.545. The molecule has 1 aliphatic rings. The van der Waals surface area contributed by atoms with Crippen LogP contribution in [0.1, 0.15) is 6.42 Å². The van der Waals surface area contributed by atoms with E-state index in [1.54, 1.807) is 7.05 Å². The third kappa shape index (κ3) is 3.74. The van der Waals surface area contributed by atoms with Crippen molar-refractivity contribution in [3.05, 3.63) is 16.7 Å². The van der Waals surface area contributed by atoms with Crippen molar-refractivity contribution < 1.29 is 16.8 Å². The van der Waals surface area contributed by atoms with E-state index in [2.05, 4.69) is 26.2 Å². The van der Waals surface area contributed by atoms with Crippen molar-refractivity contribution in [2.45, 2.75) is 11.3 Å². The summed E-state index contributed by atoms with van der Waals surface area (Å²) in [5, 5.41) is 2.74. The molecule has 0 amide bonds. The van der Waals surface area contributed by atoms with Crippen molar-refractivity contribution in [2.75, 3.05) is 37.0 Å². The highest BCUT2D eigenvalue weighted by Gasteiger charge is 2.31. The monoisotopic (exact) mass is 397 g/mol. The summed E-state index contributed by atoms with van der Waals surface area (Å²) in [6, 6.07) is 1.47. The van der Waals surface area contributed by atoms with Crippen LogP contribution >= 0.6 is 15.9 Å². The van der Waals surface area contributed by atoms with E-state index in [0.717, 1.165) is 0 Å². The van der Waals surface area contributed by atoms with Crippen molar-refractivity contribution >= 4 is 41.6 Å². The van der Waals surface area contributed by atoms with Gasteiger partial charge in [-0.3, -0.25) is 0 Å². The zero-order valence-corrected chi connectivity index (χ0v) is 14.6. The molecule has 1 aromatic rings. The highest BCUT2D eigenvalue weighted by molar-refractivity contribution is 9.10. The number of nitrogens with one attached hydrogen (secondary N) is 1. The molecule has 1 aromatic heterocycles.